The van der Waals surface area contributed by atoms with Crippen molar-refractivity contribution in [3.05, 3.63) is 34.4 Å². The number of carbonyl (C=O) groups is 1. The molecule has 1 N–H and O–H groups in total. The molecule has 110 valence electrons. The Morgan fingerprint density at radius 1 is 1.35 bits per heavy atom. The standard InChI is InChI=1S/C17H24O3/c1-7-10(2)8-13(5)17(19)20-16-12(4)9-11(3)15(18)14(16)6/h8-10,18H,7H2,1-6H3/b13-8+/t10-/m0/s1. The number of benzene rings is 1. The van der Waals surface area contributed by atoms with Crippen molar-refractivity contribution in [2.24, 2.45) is 5.92 Å². The van der Waals surface area contributed by atoms with Crippen LogP contribution in [-0.4, -0.2) is 11.1 Å². The van der Waals surface area contributed by atoms with E-state index in [-0.39, 0.29) is 11.7 Å². The Kier molecular flexibility index (Phi) is 5.37. The molecule has 0 saturated heterocycles. The first-order valence-electron chi connectivity index (χ1n) is 6.98. The van der Waals surface area contributed by atoms with Crippen LogP contribution in [0, 0.1) is 26.7 Å². The average molecular weight is 276 g/mol. The highest BCUT2D eigenvalue weighted by molar-refractivity contribution is 5.90. The largest absolute Gasteiger partial charge is 0.507 e. The number of allylic oxidation sites excluding steroid dienone is 1. The summed E-state index contributed by atoms with van der Waals surface area (Å²) >= 11 is 0. The molecule has 0 heterocycles. The second kappa shape index (κ2) is 6.60. The van der Waals surface area contributed by atoms with Gasteiger partial charge < -0.3 is 9.84 Å². The number of esters is 1. The van der Waals surface area contributed by atoms with Gasteiger partial charge in [-0.05, 0) is 50.8 Å². The molecule has 0 aliphatic carbocycles. The van der Waals surface area contributed by atoms with E-state index in [1.165, 1.54) is 0 Å². The highest BCUT2D eigenvalue weighted by atomic mass is 16.5. The fourth-order valence-electron chi connectivity index (χ4n) is 2.10. The van der Waals surface area contributed by atoms with Crippen LogP contribution >= 0.6 is 0 Å². The first-order chi connectivity index (χ1) is 9.27. The van der Waals surface area contributed by atoms with E-state index < -0.39 is 0 Å². The van der Waals surface area contributed by atoms with Crippen molar-refractivity contribution in [1.82, 2.24) is 0 Å². The maximum atomic E-state index is 12.1. The van der Waals surface area contributed by atoms with E-state index in [9.17, 15) is 9.90 Å². The van der Waals surface area contributed by atoms with E-state index in [1.807, 2.05) is 26.0 Å². The molecule has 0 unspecified atom stereocenters. The molecule has 3 heteroatoms. The Hall–Kier alpha value is -1.77. The predicted molar refractivity (Wildman–Crippen MR) is 81.2 cm³/mol. The SMILES string of the molecule is CC[C@H](C)/C=C(\C)C(=O)Oc1c(C)cc(C)c(O)c1C. The Balaban J connectivity index is 3.03. The number of carbonyl (C=O) groups excluding carboxylic acids is 1. The summed E-state index contributed by atoms with van der Waals surface area (Å²) in [6.45, 7) is 11.3. The lowest BCUT2D eigenvalue weighted by Crippen LogP contribution is -2.12. The van der Waals surface area contributed by atoms with Gasteiger partial charge in [-0.2, -0.15) is 0 Å². The topological polar surface area (TPSA) is 46.5 Å². The van der Waals surface area contributed by atoms with Crippen molar-refractivity contribution >= 4 is 5.97 Å². The minimum atomic E-state index is -0.361. The normalized spacial score (nSPS) is 13.2. The molecule has 0 aromatic heterocycles. The minimum Gasteiger partial charge on any atom is -0.507 e. The molecule has 0 saturated carbocycles. The summed E-state index contributed by atoms with van der Waals surface area (Å²) in [6, 6.07) is 1.82. The summed E-state index contributed by atoms with van der Waals surface area (Å²) in [5.74, 6) is 0.618. The third kappa shape index (κ3) is 3.62. The number of aromatic hydroxyl groups is 1. The Bertz CT molecular complexity index is 542. The van der Waals surface area contributed by atoms with Crippen LogP contribution in [0.5, 0.6) is 11.5 Å². The molecule has 1 atom stereocenters. The number of hydrogen-bond acceptors (Lipinski definition) is 3. The van der Waals surface area contributed by atoms with Crippen LogP contribution in [0.2, 0.25) is 0 Å². The number of aryl methyl sites for hydroxylation is 2. The highest BCUT2D eigenvalue weighted by Crippen LogP contribution is 2.33. The van der Waals surface area contributed by atoms with Gasteiger partial charge in [0.15, 0.2) is 0 Å². The van der Waals surface area contributed by atoms with Gasteiger partial charge in [0.2, 0.25) is 0 Å². The van der Waals surface area contributed by atoms with E-state index in [0.29, 0.717) is 22.8 Å². The molecule has 1 aromatic carbocycles. The number of phenolic OH excluding ortho intramolecular Hbond substituents is 1. The summed E-state index contributed by atoms with van der Waals surface area (Å²) in [7, 11) is 0. The Morgan fingerprint density at radius 2 is 1.95 bits per heavy atom. The lowest BCUT2D eigenvalue weighted by atomic mass is 10.0. The molecule has 1 rings (SSSR count). The van der Waals surface area contributed by atoms with Crippen LogP contribution < -0.4 is 4.74 Å². The molecule has 0 spiro atoms. The fraction of sp³-hybridized carbons (Fsp3) is 0.471. The van der Waals surface area contributed by atoms with Gasteiger partial charge in [0.25, 0.3) is 0 Å². The first kappa shape index (κ1) is 16.3. The molecule has 0 aliphatic rings. The predicted octanol–water partition coefficient (Wildman–Crippen LogP) is 4.22. The van der Waals surface area contributed by atoms with Crippen LogP contribution in [-0.2, 0) is 4.79 Å². The zero-order valence-corrected chi connectivity index (χ0v) is 13.2. The molecule has 0 aliphatic heterocycles. The van der Waals surface area contributed by atoms with E-state index in [1.54, 1.807) is 13.8 Å². The van der Waals surface area contributed by atoms with Crippen molar-refractivity contribution in [3.63, 3.8) is 0 Å². The number of hydrogen-bond donors (Lipinski definition) is 1. The van der Waals surface area contributed by atoms with Crippen LogP contribution in [0.1, 0.15) is 43.9 Å². The molecule has 0 amide bonds. The van der Waals surface area contributed by atoms with Crippen molar-refractivity contribution in [2.75, 3.05) is 0 Å². The number of phenols is 1. The van der Waals surface area contributed by atoms with Crippen LogP contribution in [0.15, 0.2) is 17.7 Å². The third-order valence-corrected chi connectivity index (χ3v) is 3.56. The molecular weight excluding hydrogens is 252 g/mol. The van der Waals surface area contributed by atoms with Gasteiger partial charge in [-0.1, -0.05) is 26.3 Å². The summed E-state index contributed by atoms with van der Waals surface area (Å²) in [4.78, 5) is 12.1. The minimum absolute atomic E-state index is 0.182. The van der Waals surface area contributed by atoms with Crippen LogP contribution in [0.4, 0.5) is 0 Å². The molecule has 0 fully saturated rings. The summed E-state index contributed by atoms with van der Waals surface area (Å²) in [6.07, 6.45) is 2.90. The molecular formula is C17H24O3. The average Bonchev–Trinajstić information content (AvgIpc) is 2.40. The van der Waals surface area contributed by atoms with Gasteiger partial charge in [0.1, 0.15) is 11.5 Å². The lowest BCUT2D eigenvalue weighted by Gasteiger charge is -2.14. The van der Waals surface area contributed by atoms with Crippen molar-refractivity contribution in [3.8, 4) is 11.5 Å². The maximum absolute atomic E-state index is 12.1. The van der Waals surface area contributed by atoms with Crippen molar-refractivity contribution in [1.29, 1.82) is 0 Å². The first-order valence-corrected chi connectivity index (χ1v) is 6.98. The second-order valence-corrected chi connectivity index (χ2v) is 5.44. The Labute approximate surface area is 121 Å². The van der Waals surface area contributed by atoms with E-state index in [4.69, 9.17) is 4.74 Å². The van der Waals surface area contributed by atoms with Gasteiger partial charge in [-0.15, -0.1) is 0 Å². The number of ether oxygens (including phenoxy) is 1. The lowest BCUT2D eigenvalue weighted by molar-refractivity contribution is -0.130. The highest BCUT2D eigenvalue weighted by Gasteiger charge is 2.16. The zero-order valence-electron chi connectivity index (χ0n) is 13.2. The zero-order chi connectivity index (χ0) is 15.4. The molecule has 0 radical (unpaired) electrons. The van der Waals surface area contributed by atoms with E-state index >= 15 is 0 Å². The van der Waals surface area contributed by atoms with Crippen LogP contribution in [0.25, 0.3) is 0 Å². The van der Waals surface area contributed by atoms with Gasteiger partial charge in [0.05, 0.1) is 0 Å². The molecule has 3 nitrogen and oxygen atoms in total. The summed E-state index contributed by atoms with van der Waals surface area (Å²) in [5, 5.41) is 9.94. The molecule has 0 bridgehead atoms. The molecule has 20 heavy (non-hydrogen) atoms. The van der Waals surface area contributed by atoms with Crippen LogP contribution in [0.3, 0.4) is 0 Å². The second-order valence-electron chi connectivity index (χ2n) is 5.44. The van der Waals surface area contributed by atoms with E-state index in [2.05, 4.69) is 13.8 Å². The third-order valence-electron chi connectivity index (χ3n) is 3.56. The summed E-state index contributed by atoms with van der Waals surface area (Å²) < 4.78 is 5.45. The Morgan fingerprint density at radius 3 is 2.50 bits per heavy atom. The van der Waals surface area contributed by atoms with E-state index in [0.717, 1.165) is 17.5 Å². The fourth-order valence-corrected chi connectivity index (χ4v) is 2.10. The van der Waals surface area contributed by atoms with Crippen molar-refractivity contribution < 1.29 is 14.6 Å². The van der Waals surface area contributed by atoms with Gasteiger partial charge in [-0.25, -0.2) is 4.79 Å². The van der Waals surface area contributed by atoms with Gasteiger partial charge in [-0.3, -0.25) is 0 Å². The monoisotopic (exact) mass is 276 g/mol. The van der Waals surface area contributed by atoms with Gasteiger partial charge in [0, 0.05) is 11.1 Å². The quantitative estimate of drug-likeness (QED) is 0.509. The smallest absolute Gasteiger partial charge is 0.338 e. The molecule has 1 aromatic rings. The van der Waals surface area contributed by atoms with Gasteiger partial charge >= 0.3 is 5.97 Å². The van der Waals surface area contributed by atoms with Crippen molar-refractivity contribution in [2.45, 2.75) is 48.0 Å². The maximum Gasteiger partial charge on any atom is 0.338 e. The number of rotatable bonds is 4. The summed E-state index contributed by atoms with van der Waals surface area (Å²) in [5.41, 5.74) is 2.83.